The van der Waals surface area contributed by atoms with Crippen molar-refractivity contribution in [2.45, 2.75) is 0 Å². The molecule has 2 heterocycles. The smallest absolute Gasteiger partial charge is 0.270 e. The zero-order valence-corrected chi connectivity index (χ0v) is 8.36. The second kappa shape index (κ2) is 3.78. The van der Waals surface area contributed by atoms with Crippen molar-refractivity contribution in [2.24, 2.45) is 0 Å². The Morgan fingerprint density at radius 3 is 3.13 bits per heavy atom. The third-order valence-electron chi connectivity index (χ3n) is 2.25. The number of rotatable bonds is 3. The van der Waals surface area contributed by atoms with E-state index in [1.54, 1.807) is 25.4 Å². The summed E-state index contributed by atoms with van der Waals surface area (Å²) in [5, 5.41) is 8.71. The van der Waals surface area contributed by atoms with Crippen molar-refractivity contribution in [3.63, 3.8) is 0 Å². The van der Waals surface area contributed by atoms with Crippen LogP contribution in [0.15, 0.2) is 22.8 Å². The van der Waals surface area contributed by atoms with E-state index in [4.69, 9.17) is 9.52 Å². The van der Waals surface area contributed by atoms with Crippen LogP contribution < -0.4 is 0 Å². The summed E-state index contributed by atoms with van der Waals surface area (Å²) in [7, 11) is 1.64. The normalized spacial score (nSPS) is 10.8. The number of furan rings is 1. The van der Waals surface area contributed by atoms with Crippen molar-refractivity contribution in [1.29, 1.82) is 0 Å². The van der Waals surface area contributed by atoms with Crippen molar-refractivity contribution in [1.82, 2.24) is 9.88 Å². The molecular formula is C10H12N2O3. The van der Waals surface area contributed by atoms with Crippen LogP contribution in [0.4, 0.5) is 0 Å². The number of aliphatic hydroxyl groups is 1. The highest BCUT2D eigenvalue weighted by atomic mass is 16.3. The lowest BCUT2D eigenvalue weighted by atomic mass is 10.3. The number of aromatic amines is 1. The molecule has 0 aromatic carbocycles. The second-order valence-electron chi connectivity index (χ2n) is 3.33. The number of aromatic nitrogens is 1. The predicted octanol–water partition coefficient (Wildman–Crippen LogP) is 0.825. The van der Waals surface area contributed by atoms with Gasteiger partial charge in [-0.25, -0.2) is 0 Å². The number of nitrogens with one attached hydrogen (secondary N) is 1. The van der Waals surface area contributed by atoms with Gasteiger partial charge >= 0.3 is 0 Å². The average molecular weight is 208 g/mol. The summed E-state index contributed by atoms with van der Waals surface area (Å²) in [6, 6.07) is 3.42. The fourth-order valence-corrected chi connectivity index (χ4v) is 1.42. The Hall–Kier alpha value is -1.75. The first-order valence-corrected chi connectivity index (χ1v) is 4.65. The number of likely N-dealkylation sites (N-methyl/N-ethyl adjacent to an activating group) is 1. The minimum Gasteiger partial charge on any atom is -0.463 e. The van der Waals surface area contributed by atoms with Gasteiger partial charge in [0.05, 0.1) is 18.4 Å². The monoisotopic (exact) mass is 208 g/mol. The molecule has 0 aliphatic rings. The van der Waals surface area contributed by atoms with Gasteiger partial charge in [0.15, 0.2) is 5.58 Å². The van der Waals surface area contributed by atoms with E-state index in [9.17, 15) is 4.79 Å². The zero-order chi connectivity index (χ0) is 10.8. The summed E-state index contributed by atoms with van der Waals surface area (Å²) in [5.74, 6) is -0.157. The Balaban J connectivity index is 2.23. The molecule has 0 aliphatic carbocycles. The fourth-order valence-electron chi connectivity index (χ4n) is 1.42. The highest BCUT2D eigenvalue weighted by Gasteiger charge is 2.14. The van der Waals surface area contributed by atoms with Crippen molar-refractivity contribution in [3.8, 4) is 0 Å². The molecule has 0 unspecified atom stereocenters. The van der Waals surface area contributed by atoms with Gasteiger partial charge in [0.25, 0.3) is 5.91 Å². The summed E-state index contributed by atoms with van der Waals surface area (Å²) in [5.41, 5.74) is 1.94. The third-order valence-corrected chi connectivity index (χ3v) is 2.25. The first-order chi connectivity index (χ1) is 7.22. The van der Waals surface area contributed by atoms with Crippen LogP contribution in [0, 0.1) is 0 Å². The lowest BCUT2D eigenvalue weighted by Crippen LogP contribution is -2.29. The van der Waals surface area contributed by atoms with Crippen LogP contribution in [0.3, 0.4) is 0 Å². The number of nitrogens with zero attached hydrogens (tertiary/aromatic N) is 1. The number of amides is 1. The molecule has 1 amide bonds. The van der Waals surface area contributed by atoms with Crippen LogP contribution in [-0.2, 0) is 0 Å². The topological polar surface area (TPSA) is 69.5 Å². The van der Waals surface area contributed by atoms with E-state index < -0.39 is 0 Å². The van der Waals surface area contributed by atoms with Crippen molar-refractivity contribution in [2.75, 3.05) is 20.2 Å². The summed E-state index contributed by atoms with van der Waals surface area (Å²) < 4.78 is 5.14. The van der Waals surface area contributed by atoms with E-state index in [0.29, 0.717) is 17.8 Å². The number of hydrogen-bond donors (Lipinski definition) is 2. The van der Waals surface area contributed by atoms with E-state index in [0.717, 1.165) is 5.52 Å². The second-order valence-corrected chi connectivity index (χ2v) is 3.33. The molecule has 2 N–H and O–H groups in total. The summed E-state index contributed by atoms with van der Waals surface area (Å²) >= 11 is 0. The predicted molar refractivity (Wildman–Crippen MR) is 54.6 cm³/mol. The minimum absolute atomic E-state index is 0.0426. The quantitative estimate of drug-likeness (QED) is 0.784. The number of carbonyl (C=O) groups excluding carboxylic acids is 1. The molecule has 15 heavy (non-hydrogen) atoms. The lowest BCUT2D eigenvalue weighted by Gasteiger charge is -2.13. The Morgan fingerprint density at radius 1 is 1.67 bits per heavy atom. The van der Waals surface area contributed by atoms with Crippen LogP contribution in [-0.4, -0.2) is 41.1 Å². The molecule has 0 fully saturated rings. The fraction of sp³-hybridized carbons (Fsp3) is 0.300. The number of fused-ring (bicyclic) bond motifs is 1. The molecular weight excluding hydrogens is 196 g/mol. The molecule has 0 saturated heterocycles. The number of carbonyl (C=O) groups is 1. The number of aliphatic hydroxyl groups excluding tert-OH is 1. The average Bonchev–Trinajstić information content (AvgIpc) is 2.75. The SMILES string of the molecule is CN(CCO)C(=O)c1cc2occc2[nH]1. The van der Waals surface area contributed by atoms with E-state index >= 15 is 0 Å². The summed E-state index contributed by atoms with van der Waals surface area (Å²) in [6.07, 6.45) is 1.56. The van der Waals surface area contributed by atoms with Gasteiger partial charge in [-0.1, -0.05) is 0 Å². The molecule has 0 saturated carbocycles. The van der Waals surface area contributed by atoms with Gasteiger partial charge in [0.2, 0.25) is 0 Å². The van der Waals surface area contributed by atoms with Crippen molar-refractivity contribution >= 4 is 17.0 Å². The Bertz CT molecular complexity index is 443. The molecule has 2 aromatic rings. The highest BCUT2D eigenvalue weighted by Crippen LogP contribution is 2.16. The minimum atomic E-state index is -0.157. The van der Waals surface area contributed by atoms with Crippen LogP contribution in [0.1, 0.15) is 10.5 Å². The van der Waals surface area contributed by atoms with Gasteiger partial charge in [0.1, 0.15) is 5.69 Å². The molecule has 5 nitrogen and oxygen atoms in total. The van der Waals surface area contributed by atoms with Crippen molar-refractivity contribution < 1.29 is 14.3 Å². The molecule has 2 rings (SSSR count). The Labute approximate surface area is 86.3 Å². The zero-order valence-electron chi connectivity index (χ0n) is 8.36. The van der Waals surface area contributed by atoms with Gasteiger partial charge in [-0.3, -0.25) is 4.79 Å². The van der Waals surface area contributed by atoms with Gasteiger partial charge in [-0.15, -0.1) is 0 Å². The van der Waals surface area contributed by atoms with Gasteiger partial charge < -0.3 is 19.4 Å². The molecule has 0 spiro atoms. The van der Waals surface area contributed by atoms with Crippen LogP contribution in [0.25, 0.3) is 11.1 Å². The van der Waals surface area contributed by atoms with Crippen molar-refractivity contribution in [3.05, 3.63) is 24.1 Å². The van der Waals surface area contributed by atoms with E-state index in [1.165, 1.54) is 4.90 Å². The summed E-state index contributed by atoms with van der Waals surface area (Å²) in [6.45, 7) is 0.276. The molecule has 0 radical (unpaired) electrons. The van der Waals surface area contributed by atoms with Crippen LogP contribution in [0.5, 0.6) is 0 Å². The number of hydrogen-bond acceptors (Lipinski definition) is 3. The molecule has 0 atom stereocenters. The first kappa shape index (κ1) is 9.79. The maximum absolute atomic E-state index is 11.7. The van der Waals surface area contributed by atoms with E-state index in [1.807, 2.05) is 0 Å². The summed E-state index contributed by atoms with van der Waals surface area (Å²) in [4.78, 5) is 16.1. The third kappa shape index (κ3) is 1.73. The largest absolute Gasteiger partial charge is 0.463 e. The van der Waals surface area contributed by atoms with Crippen LogP contribution in [0.2, 0.25) is 0 Å². The maximum atomic E-state index is 11.7. The van der Waals surface area contributed by atoms with E-state index in [2.05, 4.69) is 4.98 Å². The molecule has 80 valence electrons. The van der Waals surface area contributed by atoms with Gasteiger partial charge in [-0.05, 0) is 0 Å². The first-order valence-electron chi connectivity index (χ1n) is 4.65. The highest BCUT2D eigenvalue weighted by molar-refractivity contribution is 5.96. The van der Waals surface area contributed by atoms with E-state index in [-0.39, 0.29) is 12.5 Å². The molecule has 5 heteroatoms. The standard InChI is InChI=1S/C10H12N2O3/c1-12(3-4-13)10(14)8-6-9-7(11-8)2-5-15-9/h2,5-6,11,13H,3-4H2,1H3. The number of H-pyrrole nitrogens is 1. The van der Waals surface area contributed by atoms with Gasteiger partial charge in [0, 0.05) is 25.7 Å². The molecule has 0 bridgehead atoms. The van der Waals surface area contributed by atoms with Crippen LogP contribution >= 0.6 is 0 Å². The molecule has 2 aromatic heterocycles. The Morgan fingerprint density at radius 2 is 2.47 bits per heavy atom. The molecule has 0 aliphatic heterocycles. The maximum Gasteiger partial charge on any atom is 0.270 e. The Kier molecular flexibility index (Phi) is 2.47. The van der Waals surface area contributed by atoms with Gasteiger partial charge in [-0.2, -0.15) is 0 Å². The lowest BCUT2D eigenvalue weighted by molar-refractivity contribution is 0.0762.